The van der Waals surface area contributed by atoms with Crippen molar-refractivity contribution < 1.29 is 28.6 Å². The van der Waals surface area contributed by atoms with Crippen LogP contribution < -0.4 is 9.64 Å². The second kappa shape index (κ2) is 8.30. The number of anilines is 1. The van der Waals surface area contributed by atoms with E-state index in [4.69, 9.17) is 14.2 Å². The van der Waals surface area contributed by atoms with Crippen LogP contribution in [0.3, 0.4) is 0 Å². The first kappa shape index (κ1) is 22.5. The van der Waals surface area contributed by atoms with Gasteiger partial charge in [-0.05, 0) is 31.9 Å². The molecule has 1 aromatic heterocycles. The highest BCUT2D eigenvalue weighted by Gasteiger charge is 2.67. The fourth-order valence-corrected chi connectivity index (χ4v) is 6.84. The molecule has 184 valence electrons. The molecule has 2 bridgehead atoms. The number of piperidine rings is 1. The standard InChI is InChI=1S/C25H27N3O6S/c1-3-33-23(31)14-7-10-27(11-8-14)21(29)19-17-6-9-25(34-17)13-28(22(30)20(19)25)24-26-16-12-15(32-2)4-5-18(16)35-24/h4-6,9,12,14,17,19-20H,3,7-8,10-11,13H2,1-2H3/t17-,19+,20+,25+/m1/s1. The molecule has 0 radical (unpaired) electrons. The Labute approximate surface area is 206 Å². The monoisotopic (exact) mass is 497 g/mol. The van der Waals surface area contributed by atoms with Crippen LogP contribution in [0.4, 0.5) is 5.13 Å². The smallest absolute Gasteiger partial charge is 0.309 e. The summed E-state index contributed by atoms with van der Waals surface area (Å²) in [4.78, 5) is 47.6. The molecule has 0 unspecified atom stereocenters. The Balaban J connectivity index is 1.22. The summed E-state index contributed by atoms with van der Waals surface area (Å²) in [5, 5.41) is 0.601. The molecule has 10 heteroatoms. The minimum atomic E-state index is -0.805. The van der Waals surface area contributed by atoms with Crippen LogP contribution in [0.15, 0.2) is 30.4 Å². The van der Waals surface area contributed by atoms with Crippen LogP contribution in [0.5, 0.6) is 5.75 Å². The number of rotatable bonds is 5. The van der Waals surface area contributed by atoms with Gasteiger partial charge in [-0.1, -0.05) is 23.5 Å². The fraction of sp³-hybridized carbons (Fsp3) is 0.520. The van der Waals surface area contributed by atoms with Crippen molar-refractivity contribution in [1.29, 1.82) is 0 Å². The molecular formula is C25H27N3O6S. The van der Waals surface area contributed by atoms with E-state index in [0.29, 0.717) is 50.0 Å². The largest absolute Gasteiger partial charge is 0.497 e. The molecular weight excluding hydrogens is 470 g/mol. The van der Waals surface area contributed by atoms with Crippen molar-refractivity contribution in [3.63, 3.8) is 0 Å². The lowest BCUT2D eigenvalue weighted by Crippen LogP contribution is -2.49. The van der Waals surface area contributed by atoms with Gasteiger partial charge in [0.25, 0.3) is 0 Å². The van der Waals surface area contributed by atoms with Gasteiger partial charge in [-0.3, -0.25) is 19.3 Å². The Morgan fingerprint density at radius 3 is 2.83 bits per heavy atom. The molecule has 3 saturated heterocycles. The van der Waals surface area contributed by atoms with Crippen molar-refractivity contribution in [3.05, 3.63) is 30.4 Å². The topological polar surface area (TPSA) is 98.3 Å². The average Bonchev–Trinajstić information content (AvgIpc) is 3.62. The molecule has 4 atom stereocenters. The van der Waals surface area contributed by atoms with Crippen molar-refractivity contribution in [2.45, 2.75) is 31.5 Å². The van der Waals surface area contributed by atoms with Crippen LogP contribution in [0.2, 0.25) is 0 Å². The highest BCUT2D eigenvalue weighted by molar-refractivity contribution is 7.22. The van der Waals surface area contributed by atoms with Gasteiger partial charge in [0.15, 0.2) is 5.13 Å². The predicted molar refractivity (Wildman–Crippen MR) is 128 cm³/mol. The second-order valence-electron chi connectivity index (χ2n) is 9.51. The molecule has 1 spiro atoms. The number of ether oxygens (including phenoxy) is 3. The number of thiazole rings is 1. The van der Waals surface area contributed by atoms with Gasteiger partial charge < -0.3 is 19.1 Å². The fourth-order valence-electron chi connectivity index (χ4n) is 5.89. The van der Waals surface area contributed by atoms with E-state index in [1.807, 2.05) is 30.4 Å². The molecule has 5 heterocycles. The number of benzene rings is 1. The number of aromatic nitrogens is 1. The molecule has 2 amide bonds. The van der Waals surface area contributed by atoms with Crippen LogP contribution >= 0.6 is 11.3 Å². The lowest BCUT2D eigenvalue weighted by Gasteiger charge is -2.34. The maximum atomic E-state index is 13.7. The van der Waals surface area contributed by atoms with Gasteiger partial charge in [0.2, 0.25) is 11.8 Å². The first-order chi connectivity index (χ1) is 16.9. The maximum Gasteiger partial charge on any atom is 0.309 e. The van der Waals surface area contributed by atoms with E-state index in [9.17, 15) is 14.4 Å². The molecule has 3 fully saturated rings. The molecule has 0 N–H and O–H groups in total. The summed E-state index contributed by atoms with van der Waals surface area (Å²) in [6.45, 7) is 3.45. The second-order valence-corrected chi connectivity index (χ2v) is 10.5. The number of likely N-dealkylation sites (tertiary alicyclic amines) is 1. The van der Waals surface area contributed by atoms with Crippen molar-refractivity contribution >= 4 is 44.5 Å². The Morgan fingerprint density at radius 1 is 1.29 bits per heavy atom. The Bertz CT molecular complexity index is 1240. The van der Waals surface area contributed by atoms with Crippen molar-refractivity contribution in [2.24, 2.45) is 17.8 Å². The lowest BCUT2D eigenvalue weighted by molar-refractivity contribution is -0.152. The molecule has 35 heavy (non-hydrogen) atoms. The predicted octanol–water partition coefficient (Wildman–Crippen LogP) is 2.39. The Kier molecular flexibility index (Phi) is 5.33. The first-order valence-electron chi connectivity index (χ1n) is 12.0. The minimum Gasteiger partial charge on any atom is -0.497 e. The molecule has 4 aliphatic rings. The van der Waals surface area contributed by atoms with E-state index in [2.05, 4.69) is 4.98 Å². The Morgan fingerprint density at radius 2 is 2.09 bits per heavy atom. The molecule has 1 aromatic carbocycles. The number of amides is 2. The third-order valence-corrected chi connectivity index (χ3v) is 8.69. The third kappa shape index (κ3) is 3.45. The molecule has 0 aliphatic carbocycles. The van der Waals surface area contributed by atoms with E-state index in [0.717, 1.165) is 10.2 Å². The minimum absolute atomic E-state index is 0.0715. The zero-order valence-corrected chi connectivity index (χ0v) is 20.5. The number of hydrogen-bond donors (Lipinski definition) is 0. The van der Waals surface area contributed by atoms with E-state index in [1.54, 1.807) is 23.8 Å². The van der Waals surface area contributed by atoms with Crippen LogP contribution in [-0.2, 0) is 23.9 Å². The van der Waals surface area contributed by atoms with Crippen molar-refractivity contribution in [2.75, 3.05) is 38.3 Å². The number of nitrogens with zero attached hydrogens (tertiary/aromatic N) is 3. The number of fused-ring (bicyclic) bond motifs is 2. The van der Waals surface area contributed by atoms with E-state index in [-0.39, 0.29) is 23.7 Å². The summed E-state index contributed by atoms with van der Waals surface area (Å²) in [5.41, 5.74) is -0.0366. The highest BCUT2D eigenvalue weighted by Crippen LogP contribution is 2.53. The summed E-state index contributed by atoms with van der Waals surface area (Å²) < 4.78 is 17.7. The third-order valence-electron chi connectivity index (χ3n) is 7.63. The van der Waals surface area contributed by atoms with Crippen LogP contribution in [-0.4, -0.2) is 72.7 Å². The average molecular weight is 498 g/mol. The van der Waals surface area contributed by atoms with Gasteiger partial charge in [-0.2, -0.15) is 0 Å². The molecule has 6 rings (SSSR count). The SMILES string of the molecule is CCOC(=O)C1CCN(C(=O)[C@@H]2[C@H]3C(=O)N(c4nc5cc(OC)ccc5s4)C[C@@]34C=C[C@H]2O4)CC1. The van der Waals surface area contributed by atoms with Gasteiger partial charge in [0.05, 0.1) is 54.3 Å². The zero-order valence-electron chi connectivity index (χ0n) is 19.6. The molecule has 9 nitrogen and oxygen atoms in total. The van der Waals surface area contributed by atoms with Gasteiger partial charge in [0.1, 0.15) is 11.4 Å². The Hall–Kier alpha value is -2.98. The van der Waals surface area contributed by atoms with E-state index < -0.39 is 23.5 Å². The van der Waals surface area contributed by atoms with Gasteiger partial charge in [-0.15, -0.1) is 0 Å². The van der Waals surface area contributed by atoms with Crippen LogP contribution in [0.25, 0.3) is 10.2 Å². The number of esters is 1. The van der Waals surface area contributed by atoms with E-state index in [1.165, 1.54) is 11.3 Å². The first-order valence-corrected chi connectivity index (χ1v) is 12.8. The zero-order chi connectivity index (χ0) is 24.3. The van der Waals surface area contributed by atoms with Crippen molar-refractivity contribution in [1.82, 2.24) is 9.88 Å². The summed E-state index contributed by atoms with van der Waals surface area (Å²) in [6.07, 6.45) is 4.62. The molecule has 0 saturated carbocycles. The van der Waals surface area contributed by atoms with Crippen molar-refractivity contribution in [3.8, 4) is 5.75 Å². The van der Waals surface area contributed by atoms with Gasteiger partial charge >= 0.3 is 5.97 Å². The molecule has 4 aliphatic heterocycles. The molecule has 2 aromatic rings. The maximum absolute atomic E-state index is 13.7. The van der Waals surface area contributed by atoms with Gasteiger partial charge in [0, 0.05) is 19.2 Å². The summed E-state index contributed by atoms with van der Waals surface area (Å²) >= 11 is 1.44. The number of hydrogen-bond acceptors (Lipinski definition) is 8. The summed E-state index contributed by atoms with van der Waals surface area (Å²) in [5.74, 6) is -0.997. The number of methoxy groups -OCH3 is 1. The van der Waals surface area contributed by atoms with Crippen LogP contribution in [0, 0.1) is 17.8 Å². The lowest BCUT2D eigenvalue weighted by atomic mass is 9.76. The quantitative estimate of drug-likeness (QED) is 0.462. The van der Waals surface area contributed by atoms with E-state index >= 15 is 0 Å². The van der Waals surface area contributed by atoms with Gasteiger partial charge in [-0.25, -0.2) is 4.98 Å². The summed E-state index contributed by atoms with van der Waals surface area (Å²) in [6, 6.07) is 5.66. The highest BCUT2D eigenvalue weighted by atomic mass is 32.1. The van der Waals surface area contributed by atoms with Crippen LogP contribution in [0.1, 0.15) is 19.8 Å². The number of carbonyl (C=O) groups is 3. The summed E-state index contributed by atoms with van der Waals surface area (Å²) in [7, 11) is 1.61. The normalized spacial score (nSPS) is 29.8. The number of carbonyl (C=O) groups excluding carboxylic acids is 3.